The molecule has 0 saturated heterocycles. The molecule has 0 radical (unpaired) electrons. The maximum atomic E-state index is 11.9. The Morgan fingerprint density at radius 3 is 3.04 bits per heavy atom. The molecule has 0 bridgehead atoms. The first kappa shape index (κ1) is 14.8. The van der Waals surface area contributed by atoms with Crippen LogP contribution in [0.1, 0.15) is 34.7 Å². The van der Waals surface area contributed by atoms with Crippen LogP contribution in [0.15, 0.2) is 12.7 Å². The highest BCUT2D eigenvalue weighted by atomic mass is 32.1. The lowest BCUT2D eigenvalue weighted by atomic mass is 9.96. The van der Waals surface area contributed by atoms with Crippen molar-refractivity contribution >= 4 is 33.3 Å². The summed E-state index contributed by atoms with van der Waals surface area (Å²) in [5.74, 6) is -0.0958. The van der Waals surface area contributed by atoms with Gasteiger partial charge in [-0.3, -0.25) is 0 Å². The van der Waals surface area contributed by atoms with Crippen molar-refractivity contribution < 1.29 is 9.90 Å². The number of fused-ring (bicyclic) bond motifs is 4. The van der Waals surface area contributed by atoms with Crippen LogP contribution in [0.3, 0.4) is 0 Å². The Hall–Kier alpha value is -2.48. The standard InChI is InChI=1S/C17H17N5O2S/c23-17(24)12-5-10-11(19-7-18-10)6-22(12)15-14-9-3-1-2-4-13(9)25-16(14)21-8-20-15/h7-8,12H,1-6H2,(H,18,19)(H,23,24). The summed E-state index contributed by atoms with van der Waals surface area (Å²) in [4.78, 5) is 32.5. The highest BCUT2D eigenvalue weighted by Crippen LogP contribution is 2.40. The van der Waals surface area contributed by atoms with Gasteiger partial charge in [0.15, 0.2) is 0 Å². The first-order chi connectivity index (χ1) is 12.2. The van der Waals surface area contributed by atoms with Gasteiger partial charge in [-0.05, 0) is 31.2 Å². The van der Waals surface area contributed by atoms with Crippen molar-refractivity contribution in [1.82, 2.24) is 19.9 Å². The van der Waals surface area contributed by atoms with E-state index >= 15 is 0 Å². The Morgan fingerprint density at radius 1 is 1.28 bits per heavy atom. The number of hydrogen-bond acceptors (Lipinski definition) is 6. The van der Waals surface area contributed by atoms with Gasteiger partial charge in [0.25, 0.3) is 0 Å². The lowest BCUT2D eigenvalue weighted by molar-refractivity contribution is -0.138. The van der Waals surface area contributed by atoms with E-state index in [1.807, 2.05) is 4.90 Å². The number of thiophene rings is 1. The van der Waals surface area contributed by atoms with Crippen LogP contribution in [0.25, 0.3) is 10.2 Å². The van der Waals surface area contributed by atoms with E-state index in [1.54, 1.807) is 24.0 Å². The SMILES string of the molecule is O=C(O)C1Cc2nc[nH]c2CN1c1ncnc2sc3c(c12)CCCC3. The summed E-state index contributed by atoms with van der Waals surface area (Å²) >= 11 is 1.73. The zero-order valence-corrected chi connectivity index (χ0v) is 14.3. The predicted molar refractivity (Wildman–Crippen MR) is 94.0 cm³/mol. The Bertz CT molecular complexity index is 979. The Morgan fingerprint density at radius 2 is 2.16 bits per heavy atom. The van der Waals surface area contributed by atoms with Gasteiger partial charge in [0.05, 0.1) is 29.6 Å². The quantitative estimate of drug-likeness (QED) is 0.732. The normalized spacial score (nSPS) is 19.7. The molecule has 3 aromatic rings. The summed E-state index contributed by atoms with van der Waals surface area (Å²) in [6, 6.07) is -0.659. The largest absolute Gasteiger partial charge is 0.480 e. The molecule has 1 aliphatic carbocycles. The van der Waals surface area contributed by atoms with Crippen molar-refractivity contribution in [1.29, 1.82) is 0 Å². The topological polar surface area (TPSA) is 95.0 Å². The van der Waals surface area contributed by atoms with Crippen molar-refractivity contribution in [2.75, 3.05) is 4.90 Å². The van der Waals surface area contributed by atoms with Gasteiger partial charge in [-0.2, -0.15) is 0 Å². The summed E-state index contributed by atoms with van der Waals surface area (Å²) in [5.41, 5.74) is 3.12. The van der Waals surface area contributed by atoms with Crippen LogP contribution in [0.2, 0.25) is 0 Å². The molecule has 1 atom stereocenters. The number of nitrogens with one attached hydrogen (secondary N) is 1. The molecule has 128 valence electrons. The fraction of sp³-hybridized carbons (Fsp3) is 0.412. The van der Waals surface area contributed by atoms with Gasteiger partial charge < -0.3 is 15.0 Å². The zero-order chi connectivity index (χ0) is 17.0. The fourth-order valence-corrected chi connectivity index (χ4v) is 5.19. The molecule has 8 heteroatoms. The summed E-state index contributed by atoms with van der Waals surface area (Å²) in [5, 5.41) is 10.8. The van der Waals surface area contributed by atoms with Crippen molar-refractivity contribution in [2.24, 2.45) is 0 Å². The van der Waals surface area contributed by atoms with Gasteiger partial charge in [0, 0.05) is 11.3 Å². The second-order valence-corrected chi connectivity index (χ2v) is 7.69. The molecule has 1 unspecified atom stereocenters. The van der Waals surface area contributed by atoms with Crippen LogP contribution in [-0.2, 0) is 30.6 Å². The predicted octanol–water partition coefficient (Wildman–Crippen LogP) is 2.31. The minimum atomic E-state index is -0.843. The zero-order valence-electron chi connectivity index (χ0n) is 13.5. The second-order valence-electron chi connectivity index (χ2n) is 6.60. The highest BCUT2D eigenvalue weighted by Gasteiger charge is 2.35. The van der Waals surface area contributed by atoms with Crippen LogP contribution in [0.5, 0.6) is 0 Å². The number of H-pyrrole nitrogens is 1. The van der Waals surface area contributed by atoms with Crippen LogP contribution in [-0.4, -0.2) is 37.1 Å². The van der Waals surface area contributed by atoms with Crippen LogP contribution in [0.4, 0.5) is 5.82 Å². The van der Waals surface area contributed by atoms with Gasteiger partial charge in [0.2, 0.25) is 0 Å². The summed E-state index contributed by atoms with van der Waals surface area (Å²) < 4.78 is 0. The monoisotopic (exact) mass is 355 g/mol. The van der Waals surface area contributed by atoms with Crippen LogP contribution in [0, 0.1) is 0 Å². The molecule has 0 aromatic carbocycles. The summed E-state index contributed by atoms with van der Waals surface area (Å²) in [6.45, 7) is 0.475. The average Bonchev–Trinajstić information content (AvgIpc) is 3.23. The minimum Gasteiger partial charge on any atom is -0.480 e. The Kier molecular flexibility index (Phi) is 3.27. The van der Waals surface area contributed by atoms with Crippen molar-refractivity contribution in [2.45, 2.75) is 44.7 Å². The number of rotatable bonds is 2. The molecular weight excluding hydrogens is 338 g/mol. The molecule has 2 aliphatic rings. The number of carboxylic acid groups (broad SMARTS) is 1. The van der Waals surface area contributed by atoms with Crippen LogP contribution < -0.4 is 4.90 Å². The number of imidazole rings is 1. The molecule has 2 N–H and O–H groups in total. The van der Waals surface area contributed by atoms with Crippen molar-refractivity contribution in [3.8, 4) is 0 Å². The van der Waals surface area contributed by atoms with E-state index < -0.39 is 12.0 Å². The summed E-state index contributed by atoms with van der Waals surface area (Å²) in [7, 11) is 0. The third-order valence-corrected chi connectivity index (χ3v) is 6.39. The van der Waals surface area contributed by atoms with Crippen molar-refractivity contribution in [3.05, 3.63) is 34.5 Å². The first-order valence-corrected chi connectivity index (χ1v) is 9.30. The number of aryl methyl sites for hydroxylation is 2. The molecule has 5 rings (SSSR count). The van der Waals surface area contributed by atoms with E-state index in [2.05, 4.69) is 19.9 Å². The molecule has 3 aromatic heterocycles. The summed E-state index contributed by atoms with van der Waals surface area (Å²) in [6.07, 6.45) is 8.06. The van der Waals surface area contributed by atoms with E-state index in [4.69, 9.17) is 0 Å². The lowest BCUT2D eigenvalue weighted by Crippen LogP contribution is -2.46. The number of carboxylic acids is 1. The van der Waals surface area contributed by atoms with E-state index in [0.717, 1.165) is 40.3 Å². The number of aromatic nitrogens is 4. The first-order valence-electron chi connectivity index (χ1n) is 8.48. The van der Waals surface area contributed by atoms with Crippen molar-refractivity contribution in [3.63, 3.8) is 0 Å². The third kappa shape index (κ3) is 2.24. The molecule has 7 nitrogen and oxygen atoms in total. The van der Waals surface area contributed by atoms with Gasteiger partial charge in [-0.15, -0.1) is 11.3 Å². The van der Waals surface area contributed by atoms with E-state index in [0.29, 0.717) is 13.0 Å². The number of anilines is 1. The smallest absolute Gasteiger partial charge is 0.326 e. The molecule has 0 spiro atoms. The van der Waals surface area contributed by atoms with E-state index in [-0.39, 0.29) is 0 Å². The molecule has 4 heterocycles. The molecule has 0 amide bonds. The van der Waals surface area contributed by atoms with Gasteiger partial charge in [0.1, 0.15) is 23.0 Å². The second kappa shape index (κ2) is 5.52. The van der Waals surface area contributed by atoms with Crippen LogP contribution >= 0.6 is 11.3 Å². The number of nitrogens with zero attached hydrogens (tertiary/aromatic N) is 4. The van der Waals surface area contributed by atoms with Gasteiger partial charge in [-0.25, -0.2) is 19.7 Å². The Labute approximate surface area is 147 Å². The maximum absolute atomic E-state index is 11.9. The molecule has 0 saturated carbocycles. The van der Waals surface area contributed by atoms with Gasteiger partial charge in [-0.1, -0.05) is 0 Å². The number of aromatic amines is 1. The fourth-order valence-electron chi connectivity index (χ4n) is 3.97. The number of aliphatic carboxylic acids is 1. The highest BCUT2D eigenvalue weighted by molar-refractivity contribution is 7.19. The molecule has 1 aliphatic heterocycles. The Balaban J connectivity index is 1.69. The maximum Gasteiger partial charge on any atom is 0.326 e. The number of carbonyl (C=O) groups is 1. The third-order valence-electron chi connectivity index (χ3n) is 5.19. The van der Waals surface area contributed by atoms with Gasteiger partial charge >= 0.3 is 5.97 Å². The van der Waals surface area contributed by atoms with E-state index in [1.165, 1.54) is 23.3 Å². The molecule has 25 heavy (non-hydrogen) atoms. The molecular formula is C17H17N5O2S. The van der Waals surface area contributed by atoms with E-state index in [9.17, 15) is 9.90 Å². The number of hydrogen-bond donors (Lipinski definition) is 2. The molecule has 0 fully saturated rings. The minimum absolute atomic E-state index is 0.381. The average molecular weight is 355 g/mol. The lowest BCUT2D eigenvalue weighted by Gasteiger charge is -2.33.